The van der Waals surface area contributed by atoms with Crippen LogP contribution < -0.4 is 4.90 Å². The zero-order valence-electron chi connectivity index (χ0n) is 14.6. The minimum atomic E-state index is -0.280. The number of piperidine rings is 1. The molecule has 5 nitrogen and oxygen atoms in total. The summed E-state index contributed by atoms with van der Waals surface area (Å²) in [7, 11) is 0. The van der Waals surface area contributed by atoms with Gasteiger partial charge in [-0.2, -0.15) is 0 Å². The number of hydrogen-bond donors (Lipinski definition) is 1. The molecule has 3 rings (SSSR count). The van der Waals surface area contributed by atoms with Crippen LogP contribution in [0.1, 0.15) is 42.5 Å². The smallest absolute Gasteiger partial charge is 0.253 e. The summed E-state index contributed by atoms with van der Waals surface area (Å²) in [4.78, 5) is 28.5. The lowest BCUT2D eigenvalue weighted by molar-refractivity contribution is -0.117. The molecule has 1 N–H and O–H groups in total. The largest absolute Gasteiger partial charge is 0.396 e. The number of rotatable bonds is 5. The van der Waals surface area contributed by atoms with Crippen molar-refractivity contribution in [2.24, 2.45) is 5.41 Å². The van der Waals surface area contributed by atoms with Gasteiger partial charge in [-0.3, -0.25) is 9.59 Å². The molecule has 2 aliphatic rings. The van der Waals surface area contributed by atoms with E-state index >= 15 is 0 Å². The van der Waals surface area contributed by atoms with Crippen LogP contribution in [0.4, 0.5) is 5.69 Å². The number of carbonyl (C=O) groups excluding carboxylic acids is 2. The fourth-order valence-electron chi connectivity index (χ4n) is 3.96. The van der Waals surface area contributed by atoms with Gasteiger partial charge in [0.15, 0.2) is 0 Å². The minimum absolute atomic E-state index is 0.0323. The van der Waals surface area contributed by atoms with Crippen LogP contribution in [0.2, 0.25) is 0 Å². The number of nitrogens with zero attached hydrogens (tertiary/aromatic N) is 2. The molecule has 0 bridgehead atoms. The monoisotopic (exact) mass is 342 g/mol. The highest BCUT2D eigenvalue weighted by Crippen LogP contribution is 2.34. The Bertz CT molecular complexity index is 673. The summed E-state index contributed by atoms with van der Waals surface area (Å²) in [6.07, 6.45) is 5.75. The topological polar surface area (TPSA) is 60.9 Å². The second-order valence-corrected chi connectivity index (χ2v) is 7.18. The molecule has 0 radical (unpaired) electrons. The number of anilines is 1. The molecular formula is C20H26N2O3. The van der Waals surface area contributed by atoms with Crippen molar-refractivity contribution in [2.75, 3.05) is 31.1 Å². The maximum absolute atomic E-state index is 13.0. The van der Waals surface area contributed by atoms with Crippen molar-refractivity contribution in [1.29, 1.82) is 0 Å². The third-order valence-electron chi connectivity index (χ3n) is 5.34. The molecule has 1 atom stereocenters. The zero-order chi connectivity index (χ0) is 17.9. The van der Waals surface area contributed by atoms with Gasteiger partial charge < -0.3 is 14.9 Å². The lowest BCUT2D eigenvalue weighted by atomic mass is 9.77. The molecule has 0 unspecified atom stereocenters. The molecule has 0 aromatic heterocycles. The molecule has 0 spiro atoms. The van der Waals surface area contributed by atoms with Crippen molar-refractivity contribution in [3.8, 4) is 0 Å². The van der Waals surface area contributed by atoms with E-state index in [1.807, 2.05) is 29.2 Å². The summed E-state index contributed by atoms with van der Waals surface area (Å²) in [6.45, 7) is 5.80. The molecule has 2 saturated heterocycles. The summed E-state index contributed by atoms with van der Waals surface area (Å²) in [5.74, 6) is 0.0861. The van der Waals surface area contributed by atoms with Gasteiger partial charge in [-0.15, -0.1) is 6.58 Å². The molecule has 0 saturated carbocycles. The maximum Gasteiger partial charge on any atom is 0.253 e. The Morgan fingerprint density at radius 3 is 2.84 bits per heavy atom. The molecule has 134 valence electrons. The van der Waals surface area contributed by atoms with Gasteiger partial charge in [0.1, 0.15) is 0 Å². The molecule has 2 fully saturated rings. The first-order chi connectivity index (χ1) is 12.1. The Kier molecular flexibility index (Phi) is 5.23. The Labute approximate surface area is 148 Å². The highest BCUT2D eigenvalue weighted by atomic mass is 16.3. The molecule has 2 amide bonds. The molecule has 2 heterocycles. The summed E-state index contributed by atoms with van der Waals surface area (Å²) >= 11 is 0. The molecule has 2 aliphatic heterocycles. The highest BCUT2D eigenvalue weighted by molar-refractivity contribution is 5.99. The van der Waals surface area contributed by atoms with Gasteiger partial charge in [0.25, 0.3) is 5.91 Å². The van der Waals surface area contributed by atoms with Gasteiger partial charge in [0.05, 0.1) is 6.61 Å². The third kappa shape index (κ3) is 3.61. The van der Waals surface area contributed by atoms with Crippen LogP contribution >= 0.6 is 0 Å². The first kappa shape index (κ1) is 17.7. The summed E-state index contributed by atoms with van der Waals surface area (Å²) < 4.78 is 0. The van der Waals surface area contributed by atoms with E-state index in [0.717, 1.165) is 24.9 Å². The van der Waals surface area contributed by atoms with Gasteiger partial charge in [-0.05, 0) is 43.9 Å². The second-order valence-electron chi connectivity index (χ2n) is 7.18. The zero-order valence-corrected chi connectivity index (χ0v) is 14.6. The Hall–Kier alpha value is -2.14. The van der Waals surface area contributed by atoms with E-state index < -0.39 is 0 Å². The van der Waals surface area contributed by atoms with Crippen molar-refractivity contribution in [1.82, 2.24) is 4.90 Å². The van der Waals surface area contributed by atoms with Crippen molar-refractivity contribution >= 4 is 17.5 Å². The Morgan fingerprint density at radius 2 is 2.16 bits per heavy atom. The predicted molar refractivity (Wildman–Crippen MR) is 97.5 cm³/mol. The number of benzene rings is 1. The summed E-state index contributed by atoms with van der Waals surface area (Å²) in [5, 5.41) is 9.83. The van der Waals surface area contributed by atoms with E-state index in [0.29, 0.717) is 38.0 Å². The fraction of sp³-hybridized carbons (Fsp3) is 0.500. The summed E-state index contributed by atoms with van der Waals surface area (Å²) in [5.41, 5.74) is 1.12. The molecule has 1 aromatic rings. The van der Waals surface area contributed by atoms with Gasteiger partial charge >= 0.3 is 0 Å². The van der Waals surface area contributed by atoms with Crippen LogP contribution in [0, 0.1) is 5.41 Å². The minimum Gasteiger partial charge on any atom is -0.396 e. The first-order valence-corrected chi connectivity index (χ1v) is 9.00. The van der Waals surface area contributed by atoms with E-state index in [4.69, 9.17) is 0 Å². The van der Waals surface area contributed by atoms with Crippen molar-refractivity contribution in [2.45, 2.75) is 32.1 Å². The van der Waals surface area contributed by atoms with E-state index in [-0.39, 0.29) is 23.8 Å². The highest BCUT2D eigenvalue weighted by Gasteiger charge is 2.36. The van der Waals surface area contributed by atoms with Crippen LogP contribution in [-0.2, 0) is 4.79 Å². The van der Waals surface area contributed by atoms with Crippen molar-refractivity contribution < 1.29 is 14.7 Å². The van der Waals surface area contributed by atoms with Crippen LogP contribution in [-0.4, -0.2) is 48.1 Å². The number of hydrogen-bond acceptors (Lipinski definition) is 3. The number of likely N-dealkylation sites (tertiary alicyclic amines) is 1. The molecular weight excluding hydrogens is 316 g/mol. The van der Waals surface area contributed by atoms with Crippen molar-refractivity contribution in [3.63, 3.8) is 0 Å². The average molecular weight is 342 g/mol. The number of aliphatic hydroxyl groups is 1. The van der Waals surface area contributed by atoms with Gasteiger partial charge in [0, 0.05) is 42.7 Å². The quantitative estimate of drug-likeness (QED) is 0.837. The van der Waals surface area contributed by atoms with Gasteiger partial charge in [-0.1, -0.05) is 12.1 Å². The number of aliphatic hydroxyl groups excluding tert-OH is 1. The Balaban J connectivity index is 1.78. The van der Waals surface area contributed by atoms with E-state index in [9.17, 15) is 14.7 Å². The molecule has 1 aromatic carbocycles. The lowest BCUT2D eigenvalue weighted by Crippen LogP contribution is -2.47. The first-order valence-electron chi connectivity index (χ1n) is 9.00. The number of amides is 2. The average Bonchev–Trinajstić information content (AvgIpc) is 3.07. The van der Waals surface area contributed by atoms with Crippen LogP contribution in [0.15, 0.2) is 36.9 Å². The maximum atomic E-state index is 13.0. The van der Waals surface area contributed by atoms with Crippen LogP contribution in [0.3, 0.4) is 0 Å². The van der Waals surface area contributed by atoms with Crippen LogP contribution in [0.5, 0.6) is 0 Å². The molecule has 25 heavy (non-hydrogen) atoms. The van der Waals surface area contributed by atoms with Crippen molar-refractivity contribution in [3.05, 3.63) is 42.5 Å². The second kappa shape index (κ2) is 7.40. The predicted octanol–water partition coefficient (Wildman–Crippen LogP) is 2.60. The molecule has 0 aliphatic carbocycles. The SMILES string of the molecule is C=CC[C@]1(CO)CCCN(C(=O)c2cccc(N3CCCC3=O)c2)C1. The van der Waals surface area contributed by atoms with E-state index in [2.05, 4.69) is 6.58 Å². The Morgan fingerprint density at radius 1 is 1.32 bits per heavy atom. The number of carbonyl (C=O) groups is 2. The van der Waals surface area contributed by atoms with Gasteiger partial charge in [0.2, 0.25) is 5.91 Å². The van der Waals surface area contributed by atoms with E-state index in [1.165, 1.54) is 0 Å². The van der Waals surface area contributed by atoms with Crippen LogP contribution in [0.25, 0.3) is 0 Å². The summed E-state index contributed by atoms with van der Waals surface area (Å²) in [6, 6.07) is 7.33. The van der Waals surface area contributed by atoms with Gasteiger partial charge in [-0.25, -0.2) is 0 Å². The third-order valence-corrected chi connectivity index (χ3v) is 5.34. The lowest BCUT2D eigenvalue weighted by Gasteiger charge is -2.41. The number of allylic oxidation sites excluding steroid dienone is 1. The fourth-order valence-corrected chi connectivity index (χ4v) is 3.96. The normalized spacial score (nSPS) is 23.8. The molecule has 5 heteroatoms. The van der Waals surface area contributed by atoms with E-state index in [1.54, 1.807) is 11.0 Å². The standard InChI is InChI=1S/C20H26N2O3/c1-2-9-20(15-23)10-5-11-21(14-20)19(25)16-6-3-7-17(13-16)22-12-4-8-18(22)24/h2-3,6-7,13,23H,1,4-5,8-12,14-15H2/t20-/m0/s1.